The Morgan fingerprint density at radius 3 is 2.60 bits per heavy atom. The van der Waals surface area contributed by atoms with Crippen LogP contribution in [-0.2, 0) is 0 Å². The normalized spacial score (nSPS) is 19.4. The van der Waals surface area contributed by atoms with Crippen LogP contribution in [0, 0.1) is 0 Å². The number of rotatable bonds is 4. The quantitative estimate of drug-likeness (QED) is 0.708. The number of pyridine rings is 1. The van der Waals surface area contributed by atoms with Gasteiger partial charge in [0.15, 0.2) is 23.0 Å². The van der Waals surface area contributed by atoms with Crippen LogP contribution in [0.2, 0.25) is 0 Å². The first kappa shape index (κ1) is 18.3. The van der Waals surface area contributed by atoms with Crippen molar-refractivity contribution in [2.45, 2.75) is 18.7 Å². The van der Waals surface area contributed by atoms with Crippen molar-refractivity contribution in [3.63, 3.8) is 0 Å². The van der Waals surface area contributed by atoms with Crippen molar-refractivity contribution in [1.82, 2.24) is 9.99 Å². The number of phenolic OH excluding ortho intramolecular Hbond substituents is 1. The second kappa shape index (κ2) is 7.26. The third-order valence-electron chi connectivity index (χ3n) is 5.50. The van der Waals surface area contributed by atoms with Crippen LogP contribution < -0.4 is 14.2 Å². The van der Waals surface area contributed by atoms with E-state index in [1.807, 2.05) is 41.4 Å². The molecule has 0 saturated carbocycles. The minimum Gasteiger partial charge on any atom is -0.504 e. The highest BCUT2D eigenvalue weighted by Crippen LogP contribution is 2.50. The summed E-state index contributed by atoms with van der Waals surface area (Å²) in [6, 6.07) is 15.1. The molecule has 7 nitrogen and oxygen atoms in total. The van der Waals surface area contributed by atoms with E-state index in [0.29, 0.717) is 17.9 Å². The lowest BCUT2D eigenvalue weighted by molar-refractivity contribution is -0.0209. The molecular weight excluding hydrogens is 382 g/mol. The van der Waals surface area contributed by atoms with Gasteiger partial charge in [0.1, 0.15) is 0 Å². The molecule has 5 rings (SSSR count). The van der Waals surface area contributed by atoms with E-state index in [1.54, 1.807) is 31.6 Å². The molecule has 2 atom stereocenters. The predicted molar refractivity (Wildman–Crippen MR) is 111 cm³/mol. The van der Waals surface area contributed by atoms with Gasteiger partial charge in [-0.05, 0) is 36.4 Å². The average molecular weight is 403 g/mol. The topological polar surface area (TPSA) is 76.4 Å². The number of fused-ring (bicyclic) bond motifs is 3. The molecule has 2 unspecified atom stereocenters. The summed E-state index contributed by atoms with van der Waals surface area (Å²) in [5, 5.41) is 16.9. The van der Waals surface area contributed by atoms with Gasteiger partial charge in [-0.15, -0.1) is 0 Å². The van der Waals surface area contributed by atoms with Crippen molar-refractivity contribution in [2.24, 2.45) is 5.10 Å². The smallest absolute Gasteiger partial charge is 0.214 e. The van der Waals surface area contributed by atoms with Gasteiger partial charge in [0.05, 0.1) is 26.0 Å². The summed E-state index contributed by atoms with van der Waals surface area (Å²) in [5.41, 5.74) is 3.79. The molecule has 0 amide bonds. The lowest BCUT2D eigenvalue weighted by Crippen LogP contribution is -2.33. The summed E-state index contributed by atoms with van der Waals surface area (Å²) >= 11 is 0. The molecule has 2 aliphatic heterocycles. The molecule has 0 spiro atoms. The van der Waals surface area contributed by atoms with E-state index < -0.39 is 6.23 Å². The van der Waals surface area contributed by atoms with Gasteiger partial charge < -0.3 is 19.3 Å². The monoisotopic (exact) mass is 403 g/mol. The summed E-state index contributed by atoms with van der Waals surface area (Å²) in [6.07, 6.45) is 3.78. The number of aromatic nitrogens is 1. The molecule has 7 heteroatoms. The Labute approximate surface area is 174 Å². The van der Waals surface area contributed by atoms with E-state index in [4.69, 9.17) is 19.3 Å². The van der Waals surface area contributed by atoms with Crippen molar-refractivity contribution >= 4 is 5.71 Å². The van der Waals surface area contributed by atoms with E-state index in [-0.39, 0.29) is 11.8 Å². The van der Waals surface area contributed by atoms with Gasteiger partial charge in [-0.1, -0.05) is 12.1 Å². The van der Waals surface area contributed by atoms with Crippen molar-refractivity contribution in [1.29, 1.82) is 0 Å². The van der Waals surface area contributed by atoms with Crippen LogP contribution in [-0.4, -0.2) is 35.0 Å². The molecule has 3 aromatic rings. The Morgan fingerprint density at radius 1 is 1.03 bits per heavy atom. The Hall–Kier alpha value is -3.74. The molecule has 0 saturated heterocycles. The number of para-hydroxylation sites is 1. The standard InChI is InChI=1S/C23H21N3O4/c1-28-20-5-3-4-16-18-13-17(15-6-7-19(27)21(12-15)29-2)25-26(18)23(30-22(16)20)14-8-10-24-11-9-14/h3-12,18,23,27H,13H2,1-2H3. The van der Waals surface area contributed by atoms with E-state index in [1.165, 1.54) is 7.11 Å². The number of aromatic hydroxyl groups is 1. The first-order valence-electron chi connectivity index (χ1n) is 9.66. The molecule has 0 radical (unpaired) electrons. The fourth-order valence-corrected chi connectivity index (χ4v) is 4.02. The zero-order chi connectivity index (χ0) is 20.7. The minimum atomic E-state index is -0.404. The maximum absolute atomic E-state index is 9.95. The highest BCUT2D eigenvalue weighted by Gasteiger charge is 2.42. The first-order chi connectivity index (χ1) is 14.7. The van der Waals surface area contributed by atoms with Crippen LogP contribution >= 0.6 is 0 Å². The summed E-state index contributed by atoms with van der Waals surface area (Å²) in [6.45, 7) is 0. The number of ether oxygens (including phenoxy) is 3. The second-order valence-electron chi connectivity index (χ2n) is 7.16. The van der Waals surface area contributed by atoms with Crippen molar-refractivity contribution in [3.05, 3.63) is 77.6 Å². The van der Waals surface area contributed by atoms with Crippen LogP contribution in [0.1, 0.15) is 35.4 Å². The average Bonchev–Trinajstić information content (AvgIpc) is 3.24. The van der Waals surface area contributed by atoms with E-state index in [2.05, 4.69) is 4.98 Å². The third kappa shape index (κ3) is 2.90. The molecule has 0 aliphatic carbocycles. The van der Waals surface area contributed by atoms with E-state index >= 15 is 0 Å². The maximum atomic E-state index is 9.95. The van der Waals surface area contributed by atoms with Gasteiger partial charge in [0.25, 0.3) is 0 Å². The van der Waals surface area contributed by atoms with Crippen molar-refractivity contribution < 1.29 is 19.3 Å². The van der Waals surface area contributed by atoms with Crippen molar-refractivity contribution in [3.8, 4) is 23.0 Å². The Bertz CT molecular complexity index is 1120. The van der Waals surface area contributed by atoms with Gasteiger partial charge in [-0.3, -0.25) is 4.98 Å². The van der Waals surface area contributed by atoms with Crippen LogP contribution in [0.3, 0.4) is 0 Å². The zero-order valence-corrected chi connectivity index (χ0v) is 16.6. The fourth-order valence-electron chi connectivity index (χ4n) is 4.02. The largest absolute Gasteiger partial charge is 0.504 e. The maximum Gasteiger partial charge on any atom is 0.214 e. The van der Waals surface area contributed by atoms with Crippen LogP contribution in [0.25, 0.3) is 0 Å². The molecular formula is C23H21N3O4. The molecule has 1 aromatic heterocycles. The molecule has 3 heterocycles. The Kier molecular flexibility index (Phi) is 4.43. The van der Waals surface area contributed by atoms with Crippen LogP contribution in [0.5, 0.6) is 23.0 Å². The zero-order valence-electron chi connectivity index (χ0n) is 16.6. The number of methoxy groups -OCH3 is 2. The molecule has 2 aliphatic rings. The summed E-state index contributed by atoms with van der Waals surface area (Å²) in [7, 11) is 3.18. The van der Waals surface area contributed by atoms with Gasteiger partial charge in [-0.25, -0.2) is 5.01 Å². The van der Waals surface area contributed by atoms with Crippen molar-refractivity contribution in [2.75, 3.05) is 14.2 Å². The van der Waals surface area contributed by atoms with E-state index in [0.717, 1.165) is 28.2 Å². The van der Waals surface area contributed by atoms with Gasteiger partial charge in [0.2, 0.25) is 6.23 Å². The molecule has 1 N–H and O–H groups in total. The highest BCUT2D eigenvalue weighted by atomic mass is 16.5. The Balaban J connectivity index is 1.61. The molecule has 152 valence electrons. The van der Waals surface area contributed by atoms with Gasteiger partial charge in [-0.2, -0.15) is 5.10 Å². The van der Waals surface area contributed by atoms with Gasteiger partial charge in [0, 0.05) is 35.5 Å². The number of hydrogen-bond donors (Lipinski definition) is 1. The summed E-state index contributed by atoms with van der Waals surface area (Å²) in [5.74, 6) is 1.96. The predicted octanol–water partition coefficient (Wildman–Crippen LogP) is 4.05. The number of hydrogen-bond acceptors (Lipinski definition) is 7. The number of benzene rings is 2. The minimum absolute atomic E-state index is 0.00295. The lowest BCUT2D eigenvalue weighted by Gasteiger charge is -2.38. The molecule has 2 aromatic carbocycles. The second-order valence-corrected chi connectivity index (χ2v) is 7.16. The van der Waals surface area contributed by atoms with Crippen LogP contribution in [0.4, 0.5) is 0 Å². The molecule has 30 heavy (non-hydrogen) atoms. The molecule has 0 bridgehead atoms. The van der Waals surface area contributed by atoms with Crippen LogP contribution in [0.15, 0.2) is 66.0 Å². The lowest BCUT2D eigenvalue weighted by atomic mass is 9.95. The number of nitrogens with zero attached hydrogens (tertiary/aromatic N) is 3. The highest BCUT2D eigenvalue weighted by molar-refractivity contribution is 6.02. The number of phenols is 1. The van der Waals surface area contributed by atoms with E-state index in [9.17, 15) is 5.11 Å². The Morgan fingerprint density at radius 2 is 1.83 bits per heavy atom. The SMILES string of the molecule is COc1cc(C2=NN3C(C2)c2cccc(OC)c2OC3c2ccncc2)ccc1O. The fraction of sp³-hybridized carbons (Fsp3) is 0.217. The van der Waals surface area contributed by atoms with Gasteiger partial charge >= 0.3 is 0 Å². The third-order valence-corrected chi connectivity index (χ3v) is 5.50. The summed E-state index contributed by atoms with van der Waals surface area (Å²) in [4.78, 5) is 4.12. The summed E-state index contributed by atoms with van der Waals surface area (Å²) < 4.78 is 17.2. The molecule has 0 fully saturated rings. The number of hydrazone groups is 1. The first-order valence-corrected chi connectivity index (χ1v) is 9.66.